The molecule has 0 unspecified atom stereocenters. The Morgan fingerprint density at radius 3 is 1.77 bits per heavy atom. The quantitative estimate of drug-likeness (QED) is 0.161. The fourth-order valence-corrected chi connectivity index (χ4v) is 9.36. The summed E-state index contributed by atoms with van der Waals surface area (Å²) in [5.41, 5.74) is 13.5. The Kier molecular flexibility index (Phi) is 7.28. The van der Waals surface area contributed by atoms with Crippen LogP contribution in [0.25, 0.3) is 76.5 Å². The van der Waals surface area contributed by atoms with E-state index in [9.17, 15) is 0 Å². The standard InChI is InChI=1S/C55H39N/c1-55(2)53-21-10-9-20-49(53)50-31-29-44(34-54(50)55)56(43-16-11-15-40(33-43)41-23-22-36-12-3-4-14-39(36)32-41)42-27-24-38(25-28-42)51-35-52-45-17-6-5-13-37(45)26-30-48(52)46-18-7-8-19-47(46)51/h3-35H,1-2H3. The lowest BCUT2D eigenvalue weighted by Crippen LogP contribution is -2.16. The van der Waals surface area contributed by atoms with Gasteiger partial charge in [0.05, 0.1) is 0 Å². The molecule has 0 amide bonds. The van der Waals surface area contributed by atoms with Gasteiger partial charge >= 0.3 is 0 Å². The highest BCUT2D eigenvalue weighted by Gasteiger charge is 2.35. The molecule has 0 saturated carbocycles. The maximum Gasteiger partial charge on any atom is 0.0467 e. The molecule has 11 rings (SSSR count). The molecule has 56 heavy (non-hydrogen) atoms. The second kappa shape index (κ2) is 12.5. The number of rotatable bonds is 5. The molecule has 264 valence electrons. The molecule has 0 aliphatic heterocycles. The topological polar surface area (TPSA) is 3.24 Å². The lowest BCUT2D eigenvalue weighted by Gasteiger charge is -2.28. The van der Waals surface area contributed by atoms with Gasteiger partial charge in [-0.1, -0.05) is 166 Å². The predicted molar refractivity (Wildman–Crippen MR) is 240 cm³/mol. The summed E-state index contributed by atoms with van der Waals surface area (Å²) in [5, 5.41) is 10.2. The minimum absolute atomic E-state index is 0.105. The van der Waals surface area contributed by atoms with Gasteiger partial charge in [0.15, 0.2) is 0 Å². The molecular formula is C55H39N. The molecule has 0 radical (unpaired) electrons. The van der Waals surface area contributed by atoms with Gasteiger partial charge in [-0.3, -0.25) is 0 Å². The Morgan fingerprint density at radius 1 is 0.304 bits per heavy atom. The first-order valence-corrected chi connectivity index (χ1v) is 19.6. The smallest absolute Gasteiger partial charge is 0.0467 e. The van der Waals surface area contributed by atoms with Gasteiger partial charge in [0.2, 0.25) is 0 Å². The first-order chi connectivity index (χ1) is 27.5. The zero-order valence-electron chi connectivity index (χ0n) is 31.5. The fraction of sp³-hybridized carbons (Fsp3) is 0.0545. The molecule has 1 aliphatic carbocycles. The van der Waals surface area contributed by atoms with Gasteiger partial charge in [0.1, 0.15) is 0 Å². The Hall–Kier alpha value is -6.96. The van der Waals surface area contributed by atoms with Crippen molar-refractivity contribution in [2.45, 2.75) is 19.3 Å². The van der Waals surface area contributed by atoms with Crippen LogP contribution in [0.3, 0.4) is 0 Å². The molecule has 1 nitrogen and oxygen atoms in total. The van der Waals surface area contributed by atoms with E-state index in [1.54, 1.807) is 0 Å². The van der Waals surface area contributed by atoms with E-state index in [2.05, 4.69) is 219 Å². The van der Waals surface area contributed by atoms with Crippen molar-refractivity contribution in [1.82, 2.24) is 0 Å². The number of fused-ring (bicyclic) bond motifs is 9. The summed E-state index contributed by atoms with van der Waals surface area (Å²) in [6.45, 7) is 4.72. The van der Waals surface area contributed by atoms with Crippen LogP contribution >= 0.6 is 0 Å². The lowest BCUT2D eigenvalue weighted by atomic mass is 9.82. The van der Waals surface area contributed by atoms with Gasteiger partial charge in [-0.2, -0.15) is 0 Å². The van der Waals surface area contributed by atoms with E-state index < -0.39 is 0 Å². The molecular weight excluding hydrogens is 675 g/mol. The highest BCUT2D eigenvalue weighted by atomic mass is 15.1. The SMILES string of the molecule is CC1(C)c2ccccc2-c2ccc(N(c3ccc(-c4cc5c6ccccc6ccc5c5ccccc45)cc3)c3cccc(-c4ccc5ccccc5c4)c3)cc21. The molecule has 0 saturated heterocycles. The van der Waals surface area contributed by atoms with Crippen molar-refractivity contribution < 1.29 is 0 Å². The Bertz CT molecular complexity index is 3170. The first kappa shape index (κ1) is 32.5. The molecule has 1 aliphatic rings. The van der Waals surface area contributed by atoms with Gasteiger partial charge in [0, 0.05) is 22.5 Å². The van der Waals surface area contributed by atoms with Crippen LogP contribution < -0.4 is 4.90 Å². The predicted octanol–water partition coefficient (Wildman–Crippen LogP) is 15.4. The van der Waals surface area contributed by atoms with Crippen molar-refractivity contribution in [2.24, 2.45) is 0 Å². The molecule has 0 aromatic heterocycles. The zero-order chi connectivity index (χ0) is 37.4. The van der Waals surface area contributed by atoms with Gasteiger partial charge in [-0.05, 0) is 136 Å². The van der Waals surface area contributed by atoms with Crippen LogP contribution in [0.4, 0.5) is 17.1 Å². The number of nitrogens with zero attached hydrogens (tertiary/aromatic N) is 1. The molecule has 0 fully saturated rings. The van der Waals surface area contributed by atoms with E-state index in [0.717, 1.165) is 17.1 Å². The summed E-state index contributed by atoms with van der Waals surface area (Å²) in [4.78, 5) is 2.43. The minimum atomic E-state index is -0.105. The van der Waals surface area contributed by atoms with E-state index in [1.165, 1.54) is 87.6 Å². The highest BCUT2D eigenvalue weighted by molar-refractivity contribution is 6.21. The summed E-state index contributed by atoms with van der Waals surface area (Å²) in [6.07, 6.45) is 0. The van der Waals surface area contributed by atoms with Crippen molar-refractivity contribution in [2.75, 3.05) is 4.90 Å². The maximum absolute atomic E-state index is 2.43. The van der Waals surface area contributed by atoms with Crippen molar-refractivity contribution >= 4 is 60.2 Å². The average molecular weight is 714 g/mol. The third kappa shape index (κ3) is 5.08. The van der Waals surface area contributed by atoms with Crippen molar-refractivity contribution in [3.05, 3.63) is 211 Å². The van der Waals surface area contributed by atoms with Crippen LogP contribution in [0.2, 0.25) is 0 Å². The Labute approximate surface area is 327 Å². The number of anilines is 3. The van der Waals surface area contributed by atoms with E-state index in [4.69, 9.17) is 0 Å². The Balaban J connectivity index is 1.07. The van der Waals surface area contributed by atoms with Crippen LogP contribution in [-0.2, 0) is 5.41 Å². The third-order valence-electron chi connectivity index (χ3n) is 12.2. The normalized spacial score (nSPS) is 13.0. The fourth-order valence-electron chi connectivity index (χ4n) is 9.36. The van der Waals surface area contributed by atoms with E-state index in [1.807, 2.05) is 0 Å². The van der Waals surface area contributed by atoms with E-state index in [0.29, 0.717) is 0 Å². The van der Waals surface area contributed by atoms with E-state index >= 15 is 0 Å². The van der Waals surface area contributed by atoms with Crippen molar-refractivity contribution in [3.8, 4) is 33.4 Å². The second-order valence-electron chi connectivity index (χ2n) is 15.7. The summed E-state index contributed by atoms with van der Waals surface area (Å²) < 4.78 is 0. The number of hydrogen-bond acceptors (Lipinski definition) is 1. The summed E-state index contributed by atoms with van der Waals surface area (Å²) >= 11 is 0. The van der Waals surface area contributed by atoms with Gasteiger partial charge in [-0.25, -0.2) is 0 Å². The maximum atomic E-state index is 2.43. The van der Waals surface area contributed by atoms with Gasteiger partial charge in [0.25, 0.3) is 0 Å². The van der Waals surface area contributed by atoms with Crippen LogP contribution in [-0.4, -0.2) is 0 Å². The summed E-state index contributed by atoms with van der Waals surface area (Å²) in [7, 11) is 0. The van der Waals surface area contributed by atoms with Crippen LogP contribution in [0, 0.1) is 0 Å². The number of hydrogen-bond donors (Lipinski definition) is 0. The molecule has 0 spiro atoms. The van der Waals surface area contributed by atoms with Gasteiger partial charge in [-0.15, -0.1) is 0 Å². The van der Waals surface area contributed by atoms with Crippen LogP contribution in [0.5, 0.6) is 0 Å². The van der Waals surface area contributed by atoms with Crippen molar-refractivity contribution in [1.29, 1.82) is 0 Å². The van der Waals surface area contributed by atoms with Crippen LogP contribution in [0.1, 0.15) is 25.0 Å². The summed E-state index contributed by atoms with van der Waals surface area (Å²) in [5.74, 6) is 0. The monoisotopic (exact) mass is 713 g/mol. The molecule has 0 atom stereocenters. The van der Waals surface area contributed by atoms with Gasteiger partial charge < -0.3 is 4.90 Å². The average Bonchev–Trinajstić information content (AvgIpc) is 3.49. The van der Waals surface area contributed by atoms with Crippen molar-refractivity contribution in [3.63, 3.8) is 0 Å². The molecule has 10 aromatic rings. The zero-order valence-corrected chi connectivity index (χ0v) is 31.5. The largest absolute Gasteiger partial charge is 0.310 e. The number of benzene rings is 10. The van der Waals surface area contributed by atoms with E-state index in [-0.39, 0.29) is 5.41 Å². The molecule has 0 heterocycles. The first-order valence-electron chi connectivity index (χ1n) is 19.6. The molecule has 0 bridgehead atoms. The minimum Gasteiger partial charge on any atom is -0.310 e. The molecule has 10 aromatic carbocycles. The third-order valence-corrected chi connectivity index (χ3v) is 12.2. The summed E-state index contributed by atoms with van der Waals surface area (Å²) in [6, 6.07) is 74.0. The highest BCUT2D eigenvalue weighted by Crippen LogP contribution is 2.51. The van der Waals surface area contributed by atoms with Crippen LogP contribution in [0.15, 0.2) is 200 Å². The molecule has 1 heteroatoms. The second-order valence-corrected chi connectivity index (χ2v) is 15.7. The lowest BCUT2D eigenvalue weighted by molar-refractivity contribution is 0.660. The molecule has 0 N–H and O–H groups in total. The Morgan fingerprint density at radius 2 is 0.911 bits per heavy atom.